The molecule has 2 aromatic carbocycles. The van der Waals surface area contributed by atoms with Gasteiger partial charge in [-0.05, 0) is 60.4 Å². The van der Waals surface area contributed by atoms with Crippen LogP contribution in [0.15, 0.2) is 72.6 Å². The summed E-state index contributed by atoms with van der Waals surface area (Å²) < 4.78 is 48.4. The molecule has 1 atom stereocenters. The van der Waals surface area contributed by atoms with Crippen LogP contribution in [0, 0.1) is 0 Å². The molecular formula is C29H27F3N2O5. The van der Waals surface area contributed by atoms with E-state index >= 15 is 0 Å². The lowest BCUT2D eigenvalue weighted by Crippen LogP contribution is -2.29. The Labute approximate surface area is 223 Å². The Morgan fingerprint density at radius 2 is 1.72 bits per heavy atom. The summed E-state index contributed by atoms with van der Waals surface area (Å²) >= 11 is 0. The zero-order valence-corrected chi connectivity index (χ0v) is 21.7. The molecular weight excluding hydrogens is 513 g/mol. The van der Waals surface area contributed by atoms with E-state index in [2.05, 4.69) is 9.72 Å². The number of carbonyl (C=O) groups excluding carboxylic acids is 2. The lowest BCUT2D eigenvalue weighted by Gasteiger charge is -2.26. The van der Waals surface area contributed by atoms with Gasteiger partial charge in [0.25, 0.3) is 11.7 Å². The highest BCUT2D eigenvalue weighted by atomic mass is 19.4. The number of hydrogen-bond acceptors (Lipinski definition) is 6. The minimum Gasteiger partial charge on any atom is -0.507 e. The standard InChI is InChI=1S/C29H27F3N2O5/c1-5-38-22-10-9-18(15-21(22)28(2,3)4)25(35)23-24(17-11-13-33-14-12-17)34(27(37)26(23)36)19-7-6-8-20(16-19)39-29(30,31)32/h6-16,24,35H,5H2,1-4H3/b25-23-. The number of anilines is 1. The first-order valence-corrected chi connectivity index (χ1v) is 12.2. The van der Waals surface area contributed by atoms with Crippen LogP contribution < -0.4 is 14.4 Å². The number of hydrogen-bond donors (Lipinski definition) is 1. The van der Waals surface area contributed by atoms with E-state index in [1.54, 1.807) is 30.3 Å². The Balaban J connectivity index is 1.91. The summed E-state index contributed by atoms with van der Waals surface area (Å²) in [5, 5.41) is 11.5. The minimum absolute atomic E-state index is 0.0122. The summed E-state index contributed by atoms with van der Waals surface area (Å²) in [5.41, 5.74) is 0.889. The van der Waals surface area contributed by atoms with Crippen molar-refractivity contribution in [2.75, 3.05) is 11.5 Å². The van der Waals surface area contributed by atoms with Gasteiger partial charge < -0.3 is 14.6 Å². The second kappa shape index (κ2) is 10.4. The second-order valence-corrected chi connectivity index (χ2v) is 9.89. The molecule has 7 nitrogen and oxygen atoms in total. The topological polar surface area (TPSA) is 89.0 Å². The number of nitrogens with zero attached hydrogens (tertiary/aromatic N) is 2. The van der Waals surface area contributed by atoms with Gasteiger partial charge >= 0.3 is 6.36 Å². The molecule has 0 aliphatic carbocycles. The van der Waals surface area contributed by atoms with Crippen LogP contribution in [0.1, 0.15) is 50.4 Å². The van der Waals surface area contributed by atoms with Gasteiger partial charge in [0.15, 0.2) is 0 Å². The number of aliphatic hydroxyl groups excluding tert-OH is 1. The molecule has 1 unspecified atom stereocenters. The summed E-state index contributed by atoms with van der Waals surface area (Å²) in [7, 11) is 0. The lowest BCUT2D eigenvalue weighted by atomic mass is 9.84. The van der Waals surface area contributed by atoms with E-state index in [9.17, 15) is 27.9 Å². The quantitative estimate of drug-likeness (QED) is 0.224. The van der Waals surface area contributed by atoms with Crippen molar-refractivity contribution in [3.8, 4) is 11.5 Å². The van der Waals surface area contributed by atoms with E-state index in [-0.39, 0.29) is 22.2 Å². The molecule has 3 aromatic rings. The number of Topliss-reactive ketones (excluding diaryl/α,β-unsaturated/α-hetero) is 1. The molecule has 1 fully saturated rings. The molecule has 1 amide bonds. The SMILES string of the molecule is CCOc1ccc(/C(O)=C2/C(=O)C(=O)N(c3cccc(OC(F)(F)F)c3)C2c2ccncc2)cc1C(C)(C)C. The fraction of sp³-hybridized carbons (Fsp3) is 0.276. The van der Waals surface area contributed by atoms with Crippen LogP contribution in [-0.4, -0.2) is 34.8 Å². The number of ketones is 1. The summed E-state index contributed by atoms with van der Waals surface area (Å²) in [5.74, 6) is -2.35. The van der Waals surface area contributed by atoms with Crippen molar-refractivity contribution in [2.45, 2.75) is 45.5 Å². The molecule has 0 bridgehead atoms. The molecule has 1 aliphatic heterocycles. The Morgan fingerprint density at radius 1 is 1.03 bits per heavy atom. The number of rotatable bonds is 6. The highest BCUT2D eigenvalue weighted by Crippen LogP contribution is 2.44. The number of aliphatic hydroxyl groups is 1. The normalized spacial score (nSPS) is 17.4. The van der Waals surface area contributed by atoms with Gasteiger partial charge in [-0.15, -0.1) is 13.2 Å². The summed E-state index contributed by atoms with van der Waals surface area (Å²) in [6, 6.07) is 11.7. The zero-order chi connectivity index (χ0) is 28.5. The first-order chi connectivity index (χ1) is 18.3. The van der Waals surface area contributed by atoms with Crippen molar-refractivity contribution in [3.63, 3.8) is 0 Å². The van der Waals surface area contributed by atoms with Crippen LogP contribution >= 0.6 is 0 Å². The van der Waals surface area contributed by atoms with E-state index in [0.29, 0.717) is 17.9 Å². The van der Waals surface area contributed by atoms with Gasteiger partial charge in [0.2, 0.25) is 0 Å². The number of ether oxygens (including phenoxy) is 2. The molecule has 0 radical (unpaired) electrons. The highest BCUT2D eigenvalue weighted by Gasteiger charge is 2.47. The monoisotopic (exact) mass is 540 g/mol. The number of amides is 1. The van der Waals surface area contributed by atoms with Crippen LogP contribution in [0.2, 0.25) is 0 Å². The molecule has 204 valence electrons. The van der Waals surface area contributed by atoms with Gasteiger partial charge in [0.1, 0.15) is 17.3 Å². The first-order valence-electron chi connectivity index (χ1n) is 12.2. The molecule has 1 N–H and O–H groups in total. The molecule has 1 aromatic heterocycles. The largest absolute Gasteiger partial charge is 0.573 e. The second-order valence-electron chi connectivity index (χ2n) is 9.89. The number of benzene rings is 2. The van der Waals surface area contributed by atoms with Crippen LogP contribution in [0.5, 0.6) is 11.5 Å². The molecule has 10 heteroatoms. The maximum atomic E-state index is 13.4. The average molecular weight is 541 g/mol. The van der Waals surface area contributed by atoms with Crippen LogP contribution in [0.25, 0.3) is 5.76 Å². The van der Waals surface area contributed by atoms with Crippen LogP contribution in [0.4, 0.5) is 18.9 Å². The van der Waals surface area contributed by atoms with Crippen LogP contribution in [-0.2, 0) is 15.0 Å². The van der Waals surface area contributed by atoms with E-state index in [1.807, 2.05) is 27.7 Å². The predicted molar refractivity (Wildman–Crippen MR) is 138 cm³/mol. The first kappa shape index (κ1) is 27.7. The van der Waals surface area contributed by atoms with Crippen molar-refractivity contribution in [2.24, 2.45) is 0 Å². The molecule has 0 spiro atoms. The smallest absolute Gasteiger partial charge is 0.507 e. The Bertz CT molecular complexity index is 1430. The minimum atomic E-state index is -4.95. The van der Waals surface area contributed by atoms with Crippen molar-refractivity contribution in [1.29, 1.82) is 0 Å². The molecule has 0 saturated carbocycles. The fourth-order valence-corrected chi connectivity index (χ4v) is 4.49. The Hall–Kier alpha value is -4.34. The predicted octanol–water partition coefficient (Wildman–Crippen LogP) is 6.30. The van der Waals surface area contributed by atoms with E-state index in [1.165, 1.54) is 24.5 Å². The maximum absolute atomic E-state index is 13.4. The lowest BCUT2D eigenvalue weighted by molar-refractivity contribution is -0.274. The Morgan fingerprint density at radius 3 is 2.33 bits per heavy atom. The third kappa shape index (κ3) is 5.74. The molecule has 1 aliphatic rings. The molecule has 39 heavy (non-hydrogen) atoms. The van der Waals surface area contributed by atoms with Crippen molar-refractivity contribution >= 4 is 23.1 Å². The molecule has 1 saturated heterocycles. The third-order valence-corrected chi connectivity index (χ3v) is 6.16. The van der Waals surface area contributed by atoms with E-state index in [4.69, 9.17) is 4.74 Å². The Kier molecular flexibility index (Phi) is 7.41. The van der Waals surface area contributed by atoms with Gasteiger partial charge in [0, 0.05) is 35.3 Å². The van der Waals surface area contributed by atoms with Crippen molar-refractivity contribution < 1.29 is 37.3 Å². The average Bonchev–Trinajstić information content (AvgIpc) is 3.13. The highest BCUT2D eigenvalue weighted by molar-refractivity contribution is 6.51. The fourth-order valence-electron chi connectivity index (χ4n) is 4.49. The summed E-state index contributed by atoms with van der Waals surface area (Å²) in [4.78, 5) is 31.7. The number of carbonyl (C=O) groups is 2. The van der Waals surface area contributed by atoms with E-state index in [0.717, 1.165) is 22.6 Å². The van der Waals surface area contributed by atoms with Crippen molar-refractivity contribution in [1.82, 2.24) is 4.98 Å². The number of aromatic nitrogens is 1. The van der Waals surface area contributed by atoms with Gasteiger partial charge in [-0.3, -0.25) is 19.5 Å². The van der Waals surface area contributed by atoms with Gasteiger partial charge in [-0.2, -0.15) is 0 Å². The van der Waals surface area contributed by atoms with Crippen LogP contribution in [0.3, 0.4) is 0 Å². The van der Waals surface area contributed by atoms with E-state index < -0.39 is 35.6 Å². The molecule has 4 rings (SSSR count). The summed E-state index contributed by atoms with van der Waals surface area (Å²) in [6.45, 7) is 8.20. The maximum Gasteiger partial charge on any atom is 0.573 e. The van der Waals surface area contributed by atoms with Crippen molar-refractivity contribution in [3.05, 3.63) is 89.3 Å². The number of alkyl halides is 3. The van der Waals surface area contributed by atoms with Gasteiger partial charge in [0.05, 0.1) is 18.2 Å². The number of pyridine rings is 1. The number of halogens is 3. The zero-order valence-electron chi connectivity index (χ0n) is 21.7. The summed E-state index contributed by atoms with van der Waals surface area (Å²) in [6.07, 6.45) is -2.05. The molecule has 2 heterocycles. The van der Waals surface area contributed by atoms with Gasteiger partial charge in [-0.1, -0.05) is 26.8 Å². The third-order valence-electron chi connectivity index (χ3n) is 6.16. The van der Waals surface area contributed by atoms with Gasteiger partial charge in [-0.25, -0.2) is 0 Å².